The molecule has 0 bridgehead atoms. The molecule has 2 fully saturated rings. The van der Waals surface area contributed by atoms with Crippen molar-refractivity contribution >= 4 is 29.2 Å². The van der Waals surface area contributed by atoms with Crippen LogP contribution in [0, 0.1) is 23.5 Å². The van der Waals surface area contributed by atoms with E-state index in [1.807, 2.05) is 0 Å². The van der Waals surface area contributed by atoms with E-state index in [0.717, 1.165) is 6.07 Å². The van der Waals surface area contributed by atoms with Crippen molar-refractivity contribution in [1.29, 1.82) is 0 Å². The van der Waals surface area contributed by atoms with E-state index in [1.54, 1.807) is 4.68 Å². The van der Waals surface area contributed by atoms with Gasteiger partial charge in [0, 0.05) is 23.4 Å². The maximum atomic E-state index is 14.8. The molecule has 40 heavy (non-hydrogen) atoms. The Hall–Kier alpha value is -3.85. The first-order valence-electron chi connectivity index (χ1n) is 12.8. The number of hydrogen-bond donors (Lipinski definition) is 2. The number of pyridine rings is 1. The van der Waals surface area contributed by atoms with Crippen molar-refractivity contribution in [2.75, 3.05) is 25.1 Å². The Balaban J connectivity index is 1.20. The fourth-order valence-electron chi connectivity index (χ4n) is 4.67. The SMILES string of the molecule is O=C(Nc1ncc(C#Cc2ccc(F)cc2)cc1F)c1c(Cl)cnn1C1CCC(NC(=O)C2COCCO2)CC1. The maximum Gasteiger partial charge on any atom is 0.276 e. The molecule has 208 valence electrons. The quantitative estimate of drug-likeness (QED) is 0.452. The van der Waals surface area contributed by atoms with Gasteiger partial charge >= 0.3 is 0 Å². The van der Waals surface area contributed by atoms with Crippen molar-refractivity contribution in [3.8, 4) is 11.8 Å². The minimum absolute atomic E-state index is 0.0273. The normalized spacial score (nSPS) is 20.7. The molecule has 3 aromatic rings. The Morgan fingerprint density at radius 3 is 2.48 bits per heavy atom. The Morgan fingerprint density at radius 1 is 1.02 bits per heavy atom. The third-order valence-corrected chi connectivity index (χ3v) is 7.01. The summed E-state index contributed by atoms with van der Waals surface area (Å²) in [5.41, 5.74) is 0.948. The number of carbonyl (C=O) groups excluding carboxylic acids is 2. The van der Waals surface area contributed by atoms with Gasteiger partial charge in [-0.05, 0) is 56.0 Å². The lowest BCUT2D eigenvalue weighted by molar-refractivity contribution is -0.148. The number of hydrogen-bond acceptors (Lipinski definition) is 6. The summed E-state index contributed by atoms with van der Waals surface area (Å²) in [4.78, 5) is 29.6. The van der Waals surface area contributed by atoms with Crippen molar-refractivity contribution in [2.45, 2.75) is 43.9 Å². The van der Waals surface area contributed by atoms with Crippen LogP contribution in [0.4, 0.5) is 14.6 Å². The van der Waals surface area contributed by atoms with E-state index in [4.69, 9.17) is 21.1 Å². The fraction of sp³-hybridized carbons (Fsp3) is 0.357. The van der Waals surface area contributed by atoms with Crippen LogP contribution in [-0.2, 0) is 14.3 Å². The van der Waals surface area contributed by atoms with Gasteiger partial charge in [0.2, 0.25) is 0 Å². The molecule has 12 heteroatoms. The third kappa shape index (κ3) is 6.65. The molecule has 1 saturated heterocycles. The standard InChI is InChI=1S/C28H26ClF2N5O4/c29-22-15-33-36(21-9-7-20(8-10-21)34-27(37)24-16-39-11-12-40-24)25(22)28(38)35-26-23(31)13-18(14-32-26)2-1-17-3-5-19(30)6-4-17/h3-6,13-15,20-21,24H,7-12,16H2,(H,34,37)(H,32,35,38). The molecule has 3 heterocycles. The van der Waals surface area contributed by atoms with Gasteiger partial charge in [-0.15, -0.1) is 0 Å². The van der Waals surface area contributed by atoms with Crippen LogP contribution in [0.1, 0.15) is 53.3 Å². The summed E-state index contributed by atoms with van der Waals surface area (Å²) in [7, 11) is 0. The van der Waals surface area contributed by atoms with E-state index in [9.17, 15) is 18.4 Å². The summed E-state index contributed by atoms with van der Waals surface area (Å²) in [5, 5.41) is 9.91. The second-order valence-corrected chi connectivity index (χ2v) is 9.91. The molecular formula is C28H26ClF2N5O4. The molecule has 0 radical (unpaired) electrons. The van der Waals surface area contributed by atoms with Crippen molar-refractivity contribution in [2.24, 2.45) is 0 Å². The highest BCUT2D eigenvalue weighted by Gasteiger charge is 2.31. The predicted octanol–water partition coefficient (Wildman–Crippen LogP) is 3.88. The highest BCUT2D eigenvalue weighted by Crippen LogP contribution is 2.31. The highest BCUT2D eigenvalue weighted by molar-refractivity contribution is 6.34. The molecule has 1 aliphatic carbocycles. The van der Waals surface area contributed by atoms with Crippen LogP contribution in [-0.4, -0.2) is 58.5 Å². The minimum Gasteiger partial charge on any atom is -0.376 e. The number of ether oxygens (including phenoxy) is 2. The van der Waals surface area contributed by atoms with E-state index >= 15 is 0 Å². The molecule has 1 aromatic carbocycles. The van der Waals surface area contributed by atoms with Gasteiger partial charge < -0.3 is 20.1 Å². The van der Waals surface area contributed by atoms with E-state index in [-0.39, 0.29) is 52.5 Å². The van der Waals surface area contributed by atoms with Gasteiger partial charge in [0.15, 0.2) is 17.7 Å². The Morgan fingerprint density at radius 2 is 1.77 bits per heavy atom. The zero-order chi connectivity index (χ0) is 28.1. The summed E-state index contributed by atoms with van der Waals surface area (Å²) < 4.78 is 40.1. The molecular weight excluding hydrogens is 544 g/mol. The summed E-state index contributed by atoms with van der Waals surface area (Å²) in [6.45, 7) is 1.12. The molecule has 1 aliphatic heterocycles. The van der Waals surface area contributed by atoms with Gasteiger partial charge in [0.25, 0.3) is 11.8 Å². The first-order chi connectivity index (χ1) is 19.4. The van der Waals surface area contributed by atoms with Crippen LogP contribution in [0.5, 0.6) is 0 Å². The highest BCUT2D eigenvalue weighted by atomic mass is 35.5. The summed E-state index contributed by atoms with van der Waals surface area (Å²) in [6, 6.07) is 6.58. The van der Waals surface area contributed by atoms with E-state index in [0.29, 0.717) is 44.5 Å². The minimum atomic E-state index is -0.773. The van der Waals surface area contributed by atoms with E-state index in [1.165, 1.54) is 36.7 Å². The molecule has 2 N–H and O–H groups in total. The van der Waals surface area contributed by atoms with Crippen LogP contribution in [0.2, 0.25) is 5.02 Å². The molecule has 1 atom stereocenters. The average Bonchev–Trinajstić information content (AvgIpc) is 3.36. The van der Waals surface area contributed by atoms with E-state index in [2.05, 4.69) is 32.6 Å². The van der Waals surface area contributed by atoms with Crippen molar-refractivity contribution < 1.29 is 27.8 Å². The maximum absolute atomic E-state index is 14.8. The summed E-state index contributed by atoms with van der Waals surface area (Å²) in [6.07, 6.45) is 4.77. The summed E-state index contributed by atoms with van der Waals surface area (Å²) in [5.74, 6) is 3.30. The average molecular weight is 570 g/mol. The lowest BCUT2D eigenvalue weighted by Gasteiger charge is -2.31. The van der Waals surface area contributed by atoms with Crippen LogP contribution in [0.15, 0.2) is 42.7 Å². The number of carbonyl (C=O) groups is 2. The second kappa shape index (κ2) is 12.6. The van der Waals surface area contributed by atoms with Crippen molar-refractivity contribution in [3.63, 3.8) is 0 Å². The Kier molecular flexibility index (Phi) is 8.69. The predicted molar refractivity (Wildman–Crippen MR) is 142 cm³/mol. The first kappa shape index (κ1) is 27.7. The van der Waals surface area contributed by atoms with Gasteiger partial charge in [0.1, 0.15) is 11.5 Å². The smallest absolute Gasteiger partial charge is 0.276 e. The summed E-state index contributed by atoms with van der Waals surface area (Å²) >= 11 is 6.30. The Bertz CT molecular complexity index is 1440. The number of halogens is 3. The number of nitrogens with one attached hydrogen (secondary N) is 2. The number of benzene rings is 1. The second-order valence-electron chi connectivity index (χ2n) is 9.50. The van der Waals surface area contributed by atoms with Gasteiger partial charge in [-0.1, -0.05) is 23.4 Å². The third-order valence-electron chi connectivity index (χ3n) is 6.73. The zero-order valence-corrected chi connectivity index (χ0v) is 22.1. The molecule has 0 spiro atoms. The molecule has 1 unspecified atom stereocenters. The zero-order valence-electron chi connectivity index (χ0n) is 21.3. The molecule has 2 amide bonds. The van der Waals surface area contributed by atoms with E-state index < -0.39 is 17.8 Å². The van der Waals surface area contributed by atoms with Crippen LogP contribution in [0.3, 0.4) is 0 Å². The van der Waals surface area contributed by atoms with Crippen molar-refractivity contribution in [3.05, 3.63) is 76.2 Å². The first-order valence-corrected chi connectivity index (χ1v) is 13.2. The van der Waals surface area contributed by atoms with Crippen LogP contribution in [0.25, 0.3) is 0 Å². The Labute approximate surface area is 234 Å². The lowest BCUT2D eigenvalue weighted by atomic mass is 9.91. The largest absolute Gasteiger partial charge is 0.376 e. The fourth-order valence-corrected chi connectivity index (χ4v) is 4.89. The molecule has 5 rings (SSSR count). The molecule has 2 aromatic heterocycles. The number of aromatic nitrogens is 3. The number of rotatable bonds is 5. The molecule has 9 nitrogen and oxygen atoms in total. The van der Waals surface area contributed by atoms with Gasteiger partial charge in [-0.3, -0.25) is 14.3 Å². The number of nitrogens with zero attached hydrogens (tertiary/aromatic N) is 3. The van der Waals surface area contributed by atoms with Gasteiger partial charge in [-0.2, -0.15) is 5.10 Å². The van der Waals surface area contributed by atoms with Gasteiger partial charge in [-0.25, -0.2) is 13.8 Å². The van der Waals surface area contributed by atoms with Gasteiger partial charge in [0.05, 0.1) is 37.1 Å². The van der Waals surface area contributed by atoms with Crippen molar-refractivity contribution in [1.82, 2.24) is 20.1 Å². The number of amides is 2. The molecule has 1 saturated carbocycles. The van der Waals surface area contributed by atoms with Crippen LogP contribution >= 0.6 is 11.6 Å². The monoisotopic (exact) mass is 569 g/mol. The number of anilines is 1. The topological polar surface area (TPSA) is 107 Å². The van der Waals surface area contributed by atoms with Crippen LogP contribution < -0.4 is 10.6 Å². The lowest BCUT2D eigenvalue weighted by Crippen LogP contribution is -2.47. The molecule has 2 aliphatic rings.